The normalized spacial score (nSPS) is 32.4. The summed E-state index contributed by atoms with van der Waals surface area (Å²) in [5, 5.41) is 9.21. The van der Waals surface area contributed by atoms with Gasteiger partial charge >= 0.3 is 5.97 Å². The van der Waals surface area contributed by atoms with E-state index in [9.17, 15) is 14.7 Å². The van der Waals surface area contributed by atoms with E-state index in [0.29, 0.717) is 29.7 Å². The molecule has 8 nitrogen and oxygen atoms in total. The zero-order chi connectivity index (χ0) is 26.5. The number of fused-ring (bicyclic) bond motifs is 4. The summed E-state index contributed by atoms with van der Waals surface area (Å²) in [7, 11) is 0. The van der Waals surface area contributed by atoms with E-state index in [0.717, 1.165) is 56.1 Å². The van der Waals surface area contributed by atoms with Gasteiger partial charge in [-0.05, 0) is 62.5 Å². The Bertz CT molecular complexity index is 1240. The number of nitrogens with zero attached hydrogens (tertiary/aromatic N) is 5. The van der Waals surface area contributed by atoms with Gasteiger partial charge in [-0.15, -0.1) is 0 Å². The van der Waals surface area contributed by atoms with Gasteiger partial charge in [0.05, 0.1) is 17.6 Å². The fraction of sp³-hybridized carbons (Fsp3) is 0.710. The maximum absolute atomic E-state index is 14.3. The monoisotopic (exact) mass is 533 g/mol. The number of aromatic nitrogens is 2. The molecule has 1 N–H and O–H groups in total. The Morgan fingerprint density at radius 1 is 0.821 bits per heavy atom. The first-order valence-electron chi connectivity index (χ1n) is 15.5. The minimum atomic E-state index is -0.763. The minimum absolute atomic E-state index is 0.0693. The van der Waals surface area contributed by atoms with Crippen molar-refractivity contribution >= 4 is 22.8 Å². The second-order valence-corrected chi connectivity index (χ2v) is 13.1. The number of piperidine rings is 1. The van der Waals surface area contributed by atoms with Gasteiger partial charge in [0, 0.05) is 50.3 Å². The Hall–Kier alpha value is -2.45. The maximum Gasteiger partial charge on any atom is 0.317 e. The van der Waals surface area contributed by atoms with E-state index >= 15 is 0 Å². The third-order valence-corrected chi connectivity index (χ3v) is 10.6. The number of likely N-dealkylation sites (tertiary alicyclic amines) is 1. The van der Waals surface area contributed by atoms with Crippen molar-refractivity contribution in [3.8, 4) is 0 Å². The number of hydrogen-bond donors (Lipinski definition) is 1. The van der Waals surface area contributed by atoms with E-state index in [-0.39, 0.29) is 18.1 Å². The summed E-state index contributed by atoms with van der Waals surface area (Å²) in [5.41, 5.74) is 1.95. The smallest absolute Gasteiger partial charge is 0.317 e. The lowest BCUT2D eigenvalue weighted by Gasteiger charge is -2.45. The molecule has 1 aromatic carbocycles. The van der Waals surface area contributed by atoms with E-state index in [1.807, 2.05) is 17.0 Å². The summed E-state index contributed by atoms with van der Waals surface area (Å²) < 4.78 is 2.13. The summed E-state index contributed by atoms with van der Waals surface area (Å²) in [4.78, 5) is 37.5. The topological polar surface area (TPSA) is 81.9 Å². The van der Waals surface area contributed by atoms with Crippen LogP contribution in [0.5, 0.6) is 0 Å². The van der Waals surface area contributed by atoms with Crippen LogP contribution in [0.15, 0.2) is 29.1 Å². The lowest BCUT2D eigenvalue weighted by molar-refractivity contribution is -0.138. The lowest BCUT2D eigenvalue weighted by Crippen LogP contribution is -2.50. The number of hydrogen-bond acceptors (Lipinski definition) is 6. The largest absolute Gasteiger partial charge is 0.480 e. The second-order valence-electron chi connectivity index (χ2n) is 13.1. The van der Waals surface area contributed by atoms with Gasteiger partial charge in [-0.1, -0.05) is 44.2 Å². The third-order valence-electron chi connectivity index (χ3n) is 10.6. The molecule has 1 aliphatic carbocycles. The Kier molecular flexibility index (Phi) is 6.87. The number of rotatable bonds is 5. The van der Waals surface area contributed by atoms with Crippen LogP contribution < -0.4 is 10.5 Å². The predicted molar refractivity (Wildman–Crippen MR) is 152 cm³/mol. The van der Waals surface area contributed by atoms with Gasteiger partial charge in [-0.25, -0.2) is 4.98 Å². The number of aliphatic carboxylic acids is 1. The Morgan fingerprint density at radius 3 is 2.13 bits per heavy atom. The SMILES string of the molecule is O=C(O)CN1CC2CN(c3nc4ccccc4n(C4C[C@H]5CC[C@@H](C4)N5C4CCCCCCC4)c3=O)CC2C1. The molecule has 39 heavy (non-hydrogen) atoms. The molecule has 4 saturated heterocycles. The number of benzene rings is 1. The highest BCUT2D eigenvalue weighted by molar-refractivity contribution is 5.76. The molecule has 3 unspecified atom stereocenters. The van der Waals surface area contributed by atoms with Crippen molar-refractivity contribution < 1.29 is 9.90 Å². The van der Waals surface area contributed by atoms with Crippen LogP contribution in [-0.2, 0) is 4.79 Å². The van der Waals surface area contributed by atoms with Crippen molar-refractivity contribution in [1.82, 2.24) is 19.4 Å². The van der Waals surface area contributed by atoms with Crippen LogP contribution in [0.1, 0.15) is 76.7 Å². The quantitative estimate of drug-likeness (QED) is 0.619. The molecule has 8 heteroatoms. The highest BCUT2D eigenvalue weighted by Crippen LogP contribution is 2.44. The molecule has 5 heterocycles. The number of carboxylic acids is 1. The van der Waals surface area contributed by atoms with Crippen LogP contribution in [0.4, 0.5) is 5.82 Å². The average Bonchev–Trinajstić information content (AvgIpc) is 3.52. The van der Waals surface area contributed by atoms with Crippen LogP contribution in [0.2, 0.25) is 0 Å². The van der Waals surface area contributed by atoms with E-state index < -0.39 is 5.97 Å². The van der Waals surface area contributed by atoms with Crippen molar-refractivity contribution in [2.45, 2.75) is 94.8 Å². The van der Waals surface area contributed by atoms with Crippen molar-refractivity contribution in [1.29, 1.82) is 0 Å². The molecule has 1 saturated carbocycles. The van der Waals surface area contributed by atoms with Crippen LogP contribution in [0.3, 0.4) is 0 Å². The van der Waals surface area contributed by atoms with Crippen LogP contribution in [-0.4, -0.2) is 81.3 Å². The maximum atomic E-state index is 14.3. The molecule has 5 fully saturated rings. The number of carboxylic acid groups (broad SMARTS) is 1. The molecular weight excluding hydrogens is 490 g/mol. The van der Waals surface area contributed by atoms with Gasteiger partial charge in [-0.2, -0.15) is 0 Å². The summed E-state index contributed by atoms with van der Waals surface area (Å²) in [6.07, 6.45) is 14.3. The van der Waals surface area contributed by atoms with Crippen LogP contribution >= 0.6 is 0 Å². The first kappa shape index (κ1) is 25.5. The van der Waals surface area contributed by atoms with Gasteiger partial charge in [0.25, 0.3) is 5.56 Å². The molecule has 7 rings (SSSR count). The zero-order valence-corrected chi connectivity index (χ0v) is 23.1. The van der Waals surface area contributed by atoms with Gasteiger partial charge in [-0.3, -0.25) is 19.4 Å². The van der Waals surface area contributed by atoms with Gasteiger partial charge in [0.2, 0.25) is 0 Å². The molecule has 5 aliphatic rings. The summed E-state index contributed by atoms with van der Waals surface area (Å²) in [5.74, 6) is 0.629. The number of para-hydroxylation sites is 2. The fourth-order valence-electron chi connectivity index (χ4n) is 9.02. The number of carbonyl (C=O) groups is 1. The van der Waals surface area contributed by atoms with E-state index in [4.69, 9.17) is 4.98 Å². The molecule has 1 aromatic heterocycles. The summed E-state index contributed by atoms with van der Waals surface area (Å²) in [6.45, 7) is 3.26. The standard InChI is InChI=1S/C31H43N5O3/c37-29(38)20-33-16-21-18-34(19-22(21)17-33)30-31(39)36(28-11-7-6-10-27(28)32-30)26-14-24-12-13-25(15-26)35(24)23-8-4-2-1-3-5-9-23/h6-7,10-11,21-26H,1-5,8-9,12-20H2,(H,37,38)/t21?,22?,24-,25+,26?. The average molecular weight is 534 g/mol. The van der Waals surface area contributed by atoms with E-state index in [2.05, 4.69) is 26.5 Å². The van der Waals surface area contributed by atoms with Gasteiger partial charge < -0.3 is 14.6 Å². The fourth-order valence-corrected chi connectivity index (χ4v) is 9.02. The molecule has 2 bridgehead atoms. The minimum Gasteiger partial charge on any atom is -0.480 e. The number of anilines is 1. The molecule has 4 aliphatic heterocycles. The van der Waals surface area contributed by atoms with Crippen LogP contribution in [0, 0.1) is 11.8 Å². The molecule has 0 radical (unpaired) electrons. The third kappa shape index (κ3) is 4.77. The molecular formula is C31H43N5O3. The van der Waals surface area contributed by atoms with Gasteiger partial charge in [0.15, 0.2) is 5.82 Å². The lowest BCUT2D eigenvalue weighted by atomic mass is 9.89. The summed E-state index contributed by atoms with van der Waals surface area (Å²) in [6, 6.07) is 10.3. The van der Waals surface area contributed by atoms with E-state index in [1.54, 1.807) is 0 Å². The highest BCUT2D eigenvalue weighted by atomic mass is 16.4. The molecule has 0 spiro atoms. The van der Waals surface area contributed by atoms with Gasteiger partial charge in [0.1, 0.15) is 0 Å². The molecule has 210 valence electrons. The predicted octanol–water partition coefficient (Wildman–Crippen LogP) is 4.13. The first-order valence-corrected chi connectivity index (χ1v) is 15.5. The molecule has 0 amide bonds. The molecule has 5 atom stereocenters. The Morgan fingerprint density at radius 2 is 1.46 bits per heavy atom. The van der Waals surface area contributed by atoms with Crippen molar-refractivity contribution in [2.24, 2.45) is 11.8 Å². The zero-order valence-electron chi connectivity index (χ0n) is 23.1. The first-order chi connectivity index (χ1) is 19.0. The Balaban J connectivity index is 1.15. The van der Waals surface area contributed by atoms with E-state index in [1.165, 1.54) is 57.8 Å². The van der Waals surface area contributed by atoms with Crippen molar-refractivity contribution in [2.75, 3.05) is 37.6 Å². The summed E-state index contributed by atoms with van der Waals surface area (Å²) >= 11 is 0. The van der Waals surface area contributed by atoms with Crippen LogP contribution in [0.25, 0.3) is 11.0 Å². The van der Waals surface area contributed by atoms with Crippen molar-refractivity contribution in [3.05, 3.63) is 34.6 Å². The molecule has 2 aromatic rings. The second kappa shape index (κ2) is 10.5. The van der Waals surface area contributed by atoms with Crippen molar-refractivity contribution in [3.63, 3.8) is 0 Å². The highest BCUT2D eigenvalue weighted by Gasteiger charge is 2.45. The Labute approximate surface area is 231 Å².